The van der Waals surface area contributed by atoms with Crippen LogP contribution in [0.25, 0.3) is 0 Å². The Balaban J connectivity index is 3.67. The summed E-state index contributed by atoms with van der Waals surface area (Å²) in [5.41, 5.74) is 0. The van der Waals surface area contributed by atoms with Crippen molar-refractivity contribution in [3.63, 3.8) is 0 Å². The quantitative estimate of drug-likeness (QED) is 0.0420. The molecule has 0 saturated carbocycles. The highest BCUT2D eigenvalue weighted by Crippen LogP contribution is 2.16. The van der Waals surface area contributed by atoms with Crippen molar-refractivity contribution in [2.75, 3.05) is 6.61 Å². The number of aliphatic hydroxyl groups is 2. The average Bonchev–Trinajstić information content (AvgIpc) is 3.45. The van der Waals surface area contributed by atoms with Crippen LogP contribution in [0.2, 0.25) is 0 Å². The number of aliphatic hydroxyl groups excluding tert-OH is 2. The molecule has 0 aliphatic carbocycles. The lowest BCUT2D eigenvalue weighted by atomic mass is 10.0. The summed E-state index contributed by atoms with van der Waals surface area (Å²) >= 11 is 0. The number of amides is 1. The minimum Gasteiger partial charge on any atom is -0.394 e. The first-order valence-corrected chi connectivity index (χ1v) is 33.2. The van der Waals surface area contributed by atoms with Crippen molar-refractivity contribution in [2.45, 2.75) is 302 Å². The van der Waals surface area contributed by atoms with Gasteiger partial charge >= 0.3 is 0 Å². The molecule has 0 aliphatic heterocycles. The van der Waals surface area contributed by atoms with Crippen LogP contribution >= 0.6 is 0 Å². The normalized spacial score (nSPS) is 13.8. The first-order valence-electron chi connectivity index (χ1n) is 33.2. The van der Waals surface area contributed by atoms with Crippen LogP contribution in [-0.4, -0.2) is 34.9 Å². The van der Waals surface area contributed by atoms with Crippen LogP contribution in [0.3, 0.4) is 0 Å². The molecular formula is C75H125NO3. The summed E-state index contributed by atoms with van der Waals surface area (Å²) in [6.07, 6.45) is 109. The van der Waals surface area contributed by atoms with E-state index in [1.54, 1.807) is 6.08 Å². The number of allylic oxidation sites excluding steroid dienone is 25. The fourth-order valence-corrected chi connectivity index (χ4v) is 9.24. The van der Waals surface area contributed by atoms with E-state index in [9.17, 15) is 15.0 Å². The smallest absolute Gasteiger partial charge is 0.220 e. The molecule has 2 atom stereocenters. The van der Waals surface area contributed by atoms with Gasteiger partial charge in [-0.15, -0.1) is 0 Å². The van der Waals surface area contributed by atoms with Gasteiger partial charge in [-0.2, -0.15) is 0 Å². The first-order chi connectivity index (χ1) is 39.2. The van der Waals surface area contributed by atoms with Gasteiger partial charge in [-0.25, -0.2) is 0 Å². The van der Waals surface area contributed by atoms with Crippen molar-refractivity contribution in [3.05, 3.63) is 158 Å². The van der Waals surface area contributed by atoms with Gasteiger partial charge in [0.25, 0.3) is 0 Å². The molecule has 79 heavy (non-hydrogen) atoms. The summed E-state index contributed by atoms with van der Waals surface area (Å²) in [6.45, 7) is 4.18. The van der Waals surface area contributed by atoms with E-state index in [2.05, 4.69) is 165 Å². The number of unbranched alkanes of at least 4 members (excludes halogenated alkanes) is 28. The maximum absolute atomic E-state index is 12.5. The molecular weight excluding hydrogens is 963 g/mol. The molecule has 0 bridgehead atoms. The Morgan fingerprint density at radius 2 is 0.570 bits per heavy atom. The van der Waals surface area contributed by atoms with Crippen molar-refractivity contribution in [3.8, 4) is 0 Å². The molecule has 448 valence electrons. The second kappa shape index (κ2) is 68.3. The predicted molar refractivity (Wildman–Crippen MR) is 354 cm³/mol. The second-order valence-electron chi connectivity index (χ2n) is 21.8. The third-order valence-electron chi connectivity index (χ3n) is 14.2. The van der Waals surface area contributed by atoms with E-state index in [4.69, 9.17) is 0 Å². The van der Waals surface area contributed by atoms with Gasteiger partial charge in [-0.05, 0) is 122 Å². The summed E-state index contributed by atoms with van der Waals surface area (Å²) < 4.78 is 0. The van der Waals surface area contributed by atoms with Crippen molar-refractivity contribution in [2.24, 2.45) is 0 Å². The lowest BCUT2D eigenvalue weighted by Gasteiger charge is -2.19. The van der Waals surface area contributed by atoms with Crippen LogP contribution in [0.15, 0.2) is 158 Å². The molecule has 4 heteroatoms. The van der Waals surface area contributed by atoms with E-state index in [0.717, 1.165) is 122 Å². The second-order valence-corrected chi connectivity index (χ2v) is 21.8. The molecule has 4 nitrogen and oxygen atoms in total. The van der Waals surface area contributed by atoms with Crippen LogP contribution in [-0.2, 0) is 4.79 Å². The SMILES string of the molecule is CC/C=C\C/C=C\C/C=C\C/C=C\C/C=C\C/C=C\C/C=C\C/C=C\C/C=C\C/C=C\CCCCCCC(=O)NC(CO)C(O)/C=C/CC/C=C/CC/C=C/CCCCCCCCCCCCCCCCCCCCCCCC. The molecule has 0 rings (SSSR count). The van der Waals surface area contributed by atoms with Crippen LogP contribution < -0.4 is 5.32 Å². The molecule has 0 spiro atoms. The van der Waals surface area contributed by atoms with E-state index < -0.39 is 12.1 Å². The molecule has 0 aliphatic rings. The maximum Gasteiger partial charge on any atom is 0.220 e. The van der Waals surface area contributed by atoms with Crippen LogP contribution in [0.1, 0.15) is 290 Å². The van der Waals surface area contributed by atoms with Gasteiger partial charge in [0.05, 0.1) is 18.8 Å². The molecule has 3 N–H and O–H groups in total. The van der Waals surface area contributed by atoms with Crippen molar-refractivity contribution < 1.29 is 15.0 Å². The topological polar surface area (TPSA) is 69.6 Å². The van der Waals surface area contributed by atoms with E-state index >= 15 is 0 Å². The fraction of sp³-hybridized carbons (Fsp3) is 0.640. The summed E-state index contributed by atoms with van der Waals surface area (Å²) in [5, 5.41) is 23.2. The molecule has 2 unspecified atom stereocenters. The Hall–Kier alpha value is -3.99. The molecule has 1 amide bonds. The standard InChI is InChI=1S/C75H125NO3/c1-3-5-7-9-11-13-15-17-19-21-23-25-27-29-31-33-35-37-38-39-41-43-45-47-49-51-53-55-57-59-61-63-65-67-69-71-75(79)76-73(72-77)74(78)70-68-66-64-62-60-58-56-54-52-50-48-46-44-42-40-36-34-32-30-28-26-24-22-20-18-16-14-12-10-8-6-4-2/h5,7,11,13,17,19,23,25,29,31,35,37,39,41,45,47,51-54,57,59-60,62,68,70,73-74,77-78H,3-4,6,8-10,12,14-16,18,20-22,24,26-28,30,32-34,36,38,40,42-44,46,48-50,55-56,58,61,63-67,69,71-72H2,1-2H3,(H,76,79)/b7-5-,13-11-,19-17-,25-23-,31-29-,37-35-,41-39-,47-45-,53-51-,54-52+,59-57-,62-60+,70-68+. The molecule has 0 radical (unpaired) electrons. The third-order valence-corrected chi connectivity index (χ3v) is 14.2. The summed E-state index contributed by atoms with van der Waals surface area (Å²) in [6, 6.07) is -0.674. The highest BCUT2D eigenvalue weighted by Gasteiger charge is 2.18. The van der Waals surface area contributed by atoms with Crippen molar-refractivity contribution >= 4 is 5.91 Å². The van der Waals surface area contributed by atoms with Crippen LogP contribution in [0.5, 0.6) is 0 Å². The fourth-order valence-electron chi connectivity index (χ4n) is 9.24. The Morgan fingerprint density at radius 1 is 0.316 bits per heavy atom. The molecule has 0 heterocycles. The highest BCUT2D eigenvalue weighted by molar-refractivity contribution is 5.76. The molecule has 0 aromatic heterocycles. The van der Waals surface area contributed by atoms with Gasteiger partial charge in [-0.3, -0.25) is 4.79 Å². The summed E-state index contributed by atoms with van der Waals surface area (Å²) in [5.74, 6) is -0.107. The van der Waals surface area contributed by atoms with Gasteiger partial charge in [-0.1, -0.05) is 320 Å². The Labute approximate surface area is 490 Å². The van der Waals surface area contributed by atoms with Gasteiger partial charge in [0.1, 0.15) is 0 Å². The zero-order valence-electron chi connectivity index (χ0n) is 51.6. The first kappa shape index (κ1) is 75.0. The van der Waals surface area contributed by atoms with Crippen molar-refractivity contribution in [1.29, 1.82) is 0 Å². The zero-order chi connectivity index (χ0) is 56.9. The number of rotatable bonds is 59. The summed E-state index contributed by atoms with van der Waals surface area (Å²) in [4.78, 5) is 12.5. The average molecular weight is 1090 g/mol. The van der Waals surface area contributed by atoms with E-state index in [1.165, 1.54) is 148 Å². The van der Waals surface area contributed by atoms with Gasteiger partial charge in [0, 0.05) is 6.42 Å². The number of carbonyl (C=O) groups excluding carboxylic acids is 1. The van der Waals surface area contributed by atoms with Crippen molar-refractivity contribution in [1.82, 2.24) is 5.32 Å². The lowest BCUT2D eigenvalue weighted by Crippen LogP contribution is -2.45. The Bertz CT molecular complexity index is 1660. The Morgan fingerprint density at radius 3 is 0.886 bits per heavy atom. The zero-order valence-corrected chi connectivity index (χ0v) is 51.6. The van der Waals surface area contributed by atoms with E-state index in [0.29, 0.717) is 6.42 Å². The Kier molecular flexibility index (Phi) is 64.8. The molecule has 0 saturated heterocycles. The van der Waals surface area contributed by atoms with Crippen LogP contribution in [0.4, 0.5) is 0 Å². The van der Waals surface area contributed by atoms with E-state index in [-0.39, 0.29) is 12.5 Å². The highest BCUT2D eigenvalue weighted by atomic mass is 16.3. The monoisotopic (exact) mass is 1090 g/mol. The maximum atomic E-state index is 12.5. The molecule has 0 aromatic rings. The molecule has 0 fully saturated rings. The van der Waals surface area contributed by atoms with Gasteiger partial charge in [0.15, 0.2) is 0 Å². The number of hydrogen-bond donors (Lipinski definition) is 3. The number of hydrogen-bond acceptors (Lipinski definition) is 3. The lowest BCUT2D eigenvalue weighted by molar-refractivity contribution is -0.123. The largest absolute Gasteiger partial charge is 0.394 e. The van der Waals surface area contributed by atoms with E-state index in [1.807, 2.05) is 6.08 Å². The van der Waals surface area contributed by atoms with Crippen LogP contribution in [0, 0.1) is 0 Å². The molecule has 0 aromatic carbocycles. The third kappa shape index (κ3) is 64.7. The predicted octanol–water partition coefficient (Wildman–Crippen LogP) is 22.9. The number of nitrogens with one attached hydrogen (secondary N) is 1. The van der Waals surface area contributed by atoms with Gasteiger partial charge in [0.2, 0.25) is 5.91 Å². The summed E-state index contributed by atoms with van der Waals surface area (Å²) in [7, 11) is 0. The van der Waals surface area contributed by atoms with Gasteiger partial charge < -0.3 is 15.5 Å². The minimum absolute atomic E-state index is 0.107. The number of carbonyl (C=O) groups is 1. The minimum atomic E-state index is -0.896.